The molecule has 0 bridgehead atoms. The minimum absolute atomic E-state index is 0.153. The van der Waals surface area contributed by atoms with Gasteiger partial charge in [0.05, 0.1) is 0 Å². The molecule has 1 rings (SSSR count). The van der Waals surface area contributed by atoms with Crippen molar-refractivity contribution in [1.82, 2.24) is 0 Å². The van der Waals surface area contributed by atoms with Crippen LogP contribution < -0.4 is 0 Å². The number of Topliss-reactive ketones (excluding diaryl/α,β-unsaturated/α-hetero) is 1. The van der Waals surface area contributed by atoms with Gasteiger partial charge in [-0.25, -0.2) is 0 Å². The maximum atomic E-state index is 11.6. The molecule has 0 heterocycles. The van der Waals surface area contributed by atoms with Gasteiger partial charge in [0.1, 0.15) is 5.78 Å². The van der Waals surface area contributed by atoms with E-state index in [-0.39, 0.29) is 5.92 Å². The van der Waals surface area contributed by atoms with E-state index in [2.05, 4.69) is 45.9 Å². The average Bonchev–Trinajstić information content (AvgIpc) is 2.15. The van der Waals surface area contributed by atoms with E-state index in [1.54, 1.807) is 6.92 Å². The summed E-state index contributed by atoms with van der Waals surface area (Å²) in [5.41, 5.74) is 3.94. The molecule has 1 unspecified atom stereocenters. The zero-order chi connectivity index (χ0) is 12.3. The smallest absolute Gasteiger partial charge is 0.133 e. The van der Waals surface area contributed by atoms with Crippen molar-refractivity contribution in [2.45, 2.75) is 41.0 Å². The van der Waals surface area contributed by atoms with E-state index in [1.165, 1.54) is 16.7 Å². The Kier molecular flexibility index (Phi) is 4.28. The van der Waals surface area contributed by atoms with Crippen LogP contribution in [-0.2, 0) is 11.2 Å². The first-order valence-electron chi connectivity index (χ1n) is 5.99. The summed E-state index contributed by atoms with van der Waals surface area (Å²) in [5, 5.41) is 0. The van der Waals surface area contributed by atoms with E-state index in [1.807, 2.05) is 0 Å². The topological polar surface area (TPSA) is 17.1 Å². The molecule has 0 aliphatic heterocycles. The first kappa shape index (κ1) is 13.0. The molecule has 88 valence electrons. The van der Waals surface area contributed by atoms with Crippen molar-refractivity contribution in [2.24, 2.45) is 11.8 Å². The summed E-state index contributed by atoms with van der Waals surface area (Å²) >= 11 is 0. The van der Waals surface area contributed by atoms with Crippen LogP contribution in [0.4, 0.5) is 0 Å². The third kappa shape index (κ3) is 2.94. The highest BCUT2D eigenvalue weighted by atomic mass is 16.1. The van der Waals surface area contributed by atoms with E-state index in [0.717, 1.165) is 6.42 Å². The van der Waals surface area contributed by atoms with Crippen LogP contribution in [0, 0.1) is 25.7 Å². The summed E-state index contributed by atoms with van der Waals surface area (Å²) in [7, 11) is 0. The Morgan fingerprint density at radius 3 is 2.06 bits per heavy atom. The third-order valence-corrected chi connectivity index (χ3v) is 3.40. The Balaban J connectivity index is 2.98. The van der Waals surface area contributed by atoms with Crippen LogP contribution in [0.25, 0.3) is 0 Å². The molecular weight excluding hydrogens is 196 g/mol. The van der Waals surface area contributed by atoms with E-state index >= 15 is 0 Å². The molecule has 0 saturated carbocycles. The van der Waals surface area contributed by atoms with Gasteiger partial charge in [-0.05, 0) is 49.8 Å². The monoisotopic (exact) mass is 218 g/mol. The van der Waals surface area contributed by atoms with E-state index in [9.17, 15) is 4.79 Å². The number of benzene rings is 1. The molecule has 0 N–H and O–H groups in total. The average molecular weight is 218 g/mol. The molecule has 0 saturated heterocycles. The van der Waals surface area contributed by atoms with Crippen molar-refractivity contribution in [3.63, 3.8) is 0 Å². The van der Waals surface area contributed by atoms with Crippen molar-refractivity contribution in [3.8, 4) is 0 Å². The quantitative estimate of drug-likeness (QED) is 0.753. The second-order valence-electron chi connectivity index (χ2n) is 5.04. The van der Waals surface area contributed by atoms with Crippen LogP contribution in [0.2, 0.25) is 0 Å². The van der Waals surface area contributed by atoms with Crippen LogP contribution in [-0.4, -0.2) is 5.78 Å². The fourth-order valence-corrected chi connectivity index (χ4v) is 2.24. The Morgan fingerprint density at radius 1 is 1.19 bits per heavy atom. The lowest BCUT2D eigenvalue weighted by atomic mass is 9.84. The summed E-state index contributed by atoms with van der Waals surface area (Å²) in [4.78, 5) is 11.6. The predicted molar refractivity (Wildman–Crippen MR) is 68.6 cm³/mol. The van der Waals surface area contributed by atoms with Crippen LogP contribution in [0.1, 0.15) is 37.5 Å². The summed E-state index contributed by atoms with van der Waals surface area (Å²) in [6, 6.07) is 6.33. The minimum Gasteiger partial charge on any atom is -0.300 e. The Hall–Kier alpha value is -1.11. The maximum absolute atomic E-state index is 11.6. The van der Waals surface area contributed by atoms with Gasteiger partial charge in [0.2, 0.25) is 0 Å². The first-order chi connectivity index (χ1) is 7.43. The van der Waals surface area contributed by atoms with Gasteiger partial charge in [-0.2, -0.15) is 0 Å². The number of rotatable bonds is 4. The Labute approximate surface area is 98.9 Å². The molecule has 1 aromatic carbocycles. The number of ketones is 1. The SMILES string of the molecule is CC(=O)C(Cc1c(C)cccc1C)C(C)C. The van der Waals surface area contributed by atoms with Gasteiger partial charge in [-0.3, -0.25) is 4.79 Å². The van der Waals surface area contributed by atoms with Crippen LogP contribution in [0.3, 0.4) is 0 Å². The largest absolute Gasteiger partial charge is 0.300 e. The fraction of sp³-hybridized carbons (Fsp3) is 0.533. The number of hydrogen-bond donors (Lipinski definition) is 0. The van der Waals surface area contributed by atoms with Crippen molar-refractivity contribution >= 4 is 5.78 Å². The molecule has 0 aliphatic rings. The summed E-state index contributed by atoms with van der Waals surface area (Å²) in [5.74, 6) is 0.869. The van der Waals surface area contributed by atoms with E-state index in [4.69, 9.17) is 0 Å². The van der Waals surface area contributed by atoms with E-state index in [0.29, 0.717) is 11.7 Å². The summed E-state index contributed by atoms with van der Waals surface area (Å²) in [6.07, 6.45) is 0.880. The molecule has 0 aromatic heterocycles. The summed E-state index contributed by atoms with van der Waals surface area (Å²) < 4.78 is 0. The maximum Gasteiger partial charge on any atom is 0.133 e. The van der Waals surface area contributed by atoms with Gasteiger partial charge < -0.3 is 0 Å². The van der Waals surface area contributed by atoms with Crippen LogP contribution in [0.5, 0.6) is 0 Å². The van der Waals surface area contributed by atoms with Crippen LogP contribution >= 0.6 is 0 Å². The summed E-state index contributed by atoms with van der Waals surface area (Å²) in [6.45, 7) is 10.2. The highest BCUT2D eigenvalue weighted by Crippen LogP contribution is 2.22. The lowest BCUT2D eigenvalue weighted by Crippen LogP contribution is -2.21. The zero-order valence-corrected chi connectivity index (χ0v) is 11.0. The van der Waals surface area contributed by atoms with Crippen molar-refractivity contribution in [3.05, 3.63) is 34.9 Å². The predicted octanol–water partition coefficient (Wildman–Crippen LogP) is 3.71. The van der Waals surface area contributed by atoms with Gasteiger partial charge in [0.15, 0.2) is 0 Å². The molecule has 0 aliphatic carbocycles. The van der Waals surface area contributed by atoms with Gasteiger partial charge in [0.25, 0.3) is 0 Å². The van der Waals surface area contributed by atoms with Crippen molar-refractivity contribution in [2.75, 3.05) is 0 Å². The standard InChI is InChI=1S/C15H22O/c1-10(2)14(13(5)16)9-15-11(3)7-6-8-12(15)4/h6-8,10,14H,9H2,1-5H3. The Bertz CT molecular complexity index is 357. The number of aryl methyl sites for hydroxylation is 2. The third-order valence-electron chi connectivity index (χ3n) is 3.40. The van der Waals surface area contributed by atoms with Gasteiger partial charge in [0, 0.05) is 5.92 Å². The molecule has 0 fully saturated rings. The fourth-order valence-electron chi connectivity index (χ4n) is 2.24. The normalized spacial score (nSPS) is 12.9. The molecule has 1 heteroatoms. The molecule has 16 heavy (non-hydrogen) atoms. The van der Waals surface area contributed by atoms with Crippen molar-refractivity contribution < 1.29 is 4.79 Å². The number of carbonyl (C=O) groups excluding carboxylic acids is 1. The molecular formula is C15H22O. The van der Waals surface area contributed by atoms with Gasteiger partial charge >= 0.3 is 0 Å². The lowest BCUT2D eigenvalue weighted by Gasteiger charge is -2.20. The molecule has 1 atom stereocenters. The number of hydrogen-bond acceptors (Lipinski definition) is 1. The molecule has 0 radical (unpaired) electrons. The minimum atomic E-state index is 0.153. The molecule has 1 aromatic rings. The molecule has 1 nitrogen and oxygen atoms in total. The lowest BCUT2D eigenvalue weighted by molar-refractivity contribution is -0.121. The Morgan fingerprint density at radius 2 is 1.69 bits per heavy atom. The van der Waals surface area contributed by atoms with Crippen molar-refractivity contribution in [1.29, 1.82) is 0 Å². The highest BCUT2D eigenvalue weighted by Gasteiger charge is 2.20. The second kappa shape index (κ2) is 5.29. The second-order valence-corrected chi connectivity index (χ2v) is 5.04. The van der Waals surface area contributed by atoms with Crippen LogP contribution in [0.15, 0.2) is 18.2 Å². The highest BCUT2D eigenvalue weighted by molar-refractivity contribution is 5.79. The molecule has 0 spiro atoms. The van der Waals surface area contributed by atoms with Gasteiger partial charge in [-0.15, -0.1) is 0 Å². The number of carbonyl (C=O) groups is 1. The molecule has 0 amide bonds. The van der Waals surface area contributed by atoms with Gasteiger partial charge in [-0.1, -0.05) is 32.0 Å². The van der Waals surface area contributed by atoms with E-state index < -0.39 is 0 Å². The zero-order valence-electron chi connectivity index (χ0n) is 11.0. The first-order valence-corrected chi connectivity index (χ1v) is 5.99.